The molecular formula is C35H39BO8. The number of unbranched alkanes of at least 4 members (excludes halogenated alkanes) is 1. The van der Waals surface area contributed by atoms with Crippen LogP contribution >= 0.6 is 0 Å². The lowest BCUT2D eigenvalue weighted by Gasteiger charge is -2.13. The van der Waals surface area contributed by atoms with Gasteiger partial charge in [-0.2, -0.15) is 0 Å². The molecule has 0 unspecified atom stereocenters. The van der Waals surface area contributed by atoms with Crippen LogP contribution < -0.4 is 14.9 Å². The molecule has 0 atom stereocenters. The molecule has 0 heterocycles. The van der Waals surface area contributed by atoms with Gasteiger partial charge < -0.3 is 24.3 Å². The van der Waals surface area contributed by atoms with Crippen molar-refractivity contribution in [1.82, 2.24) is 0 Å². The van der Waals surface area contributed by atoms with Gasteiger partial charge in [-0.3, -0.25) is 0 Å². The van der Waals surface area contributed by atoms with Gasteiger partial charge in [0.2, 0.25) is 0 Å². The van der Waals surface area contributed by atoms with Crippen molar-refractivity contribution < 1.29 is 38.6 Å². The maximum absolute atomic E-state index is 12.1. The van der Waals surface area contributed by atoms with Gasteiger partial charge in [-0.1, -0.05) is 67.8 Å². The fraction of sp³-hybridized carbons (Fsp3) is 0.229. The fourth-order valence-corrected chi connectivity index (χ4v) is 3.59. The first-order valence-corrected chi connectivity index (χ1v) is 14.0. The average Bonchev–Trinajstić information content (AvgIpc) is 2.98. The van der Waals surface area contributed by atoms with Crippen molar-refractivity contribution in [3.05, 3.63) is 114 Å². The molecule has 0 amide bonds. The van der Waals surface area contributed by atoms with E-state index in [1.165, 1.54) is 0 Å². The number of rotatable bonds is 12. The minimum Gasteiger partial charge on any atom is -0.462 e. The highest BCUT2D eigenvalue weighted by Gasteiger charge is 2.13. The summed E-state index contributed by atoms with van der Waals surface area (Å²) in [6.45, 7) is 17.8. The fourth-order valence-electron chi connectivity index (χ4n) is 3.59. The zero-order chi connectivity index (χ0) is 32.8. The summed E-state index contributed by atoms with van der Waals surface area (Å²) in [5, 5.41) is 17.3. The molecule has 0 saturated heterocycles. The van der Waals surface area contributed by atoms with E-state index >= 15 is 0 Å². The van der Waals surface area contributed by atoms with E-state index in [0.29, 0.717) is 46.5 Å². The first kappa shape index (κ1) is 35.5. The Bertz CT molecular complexity index is 1490. The second-order valence-corrected chi connectivity index (χ2v) is 10.3. The first-order chi connectivity index (χ1) is 20.8. The Balaban J connectivity index is 0.000000569. The third-order valence-electron chi connectivity index (χ3n) is 6.16. The van der Waals surface area contributed by atoms with Crippen molar-refractivity contribution in [2.45, 2.75) is 47.0 Å². The minimum absolute atomic E-state index is 0.288. The molecule has 3 rings (SSSR count). The van der Waals surface area contributed by atoms with Crippen molar-refractivity contribution in [2.24, 2.45) is 0 Å². The van der Waals surface area contributed by atoms with E-state index < -0.39 is 25.0 Å². The largest absolute Gasteiger partial charge is 0.488 e. The van der Waals surface area contributed by atoms with Crippen molar-refractivity contribution in [3.63, 3.8) is 0 Å². The van der Waals surface area contributed by atoms with Crippen LogP contribution in [0.2, 0.25) is 0 Å². The van der Waals surface area contributed by atoms with Crippen LogP contribution in [-0.4, -0.2) is 41.7 Å². The maximum atomic E-state index is 12.1. The molecule has 2 N–H and O–H groups in total. The monoisotopic (exact) mass is 598 g/mol. The van der Waals surface area contributed by atoms with Crippen molar-refractivity contribution in [2.75, 3.05) is 6.61 Å². The predicted octanol–water partition coefficient (Wildman–Crippen LogP) is 5.43. The van der Waals surface area contributed by atoms with Crippen molar-refractivity contribution >= 4 is 30.5 Å². The minimum atomic E-state index is -1.35. The molecule has 3 aromatic rings. The predicted molar refractivity (Wildman–Crippen MR) is 172 cm³/mol. The van der Waals surface area contributed by atoms with Gasteiger partial charge in [-0.05, 0) is 93.4 Å². The zero-order valence-corrected chi connectivity index (χ0v) is 25.7. The molecule has 8 nitrogen and oxygen atoms in total. The average molecular weight is 599 g/mol. The number of carbonyl (C=O) groups is 3. The van der Waals surface area contributed by atoms with Gasteiger partial charge in [0.25, 0.3) is 0 Å². The third-order valence-corrected chi connectivity index (χ3v) is 6.16. The maximum Gasteiger partial charge on any atom is 0.488 e. The second-order valence-electron chi connectivity index (χ2n) is 10.3. The highest BCUT2D eigenvalue weighted by atomic mass is 16.5. The first-order valence-electron chi connectivity index (χ1n) is 14.0. The normalized spacial score (nSPS) is 10.0. The molecule has 3 aromatic carbocycles. The highest BCUT2D eigenvalue weighted by molar-refractivity contribution is 6.58. The smallest absolute Gasteiger partial charge is 0.462 e. The molecule has 230 valence electrons. The highest BCUT2D eigenvalue weighted by Crippen LogP contribution is 2.30. The van der Waals surface area contributed by atoms with E-state index in [4.69, 9.17) is 24.3 Å². The van der Waals surface area contributed by atoms with E-state index in [9.17, 15) is 14.4 Å². The van der Waals surface area contributed by atoms with E-state index in [2.05, 4.69) is 19.7 Å². The molecule has 0 fully saturated rings. The number of esters is 3. The molecular weight excluding hydrogens is 559 g/mol. The summed E-state index contributed by atoms with van der Waals surface area (Å²) in [4.78, 5) is 35.3. The van der Waals surface area contributed by atoms with Gasteiger partial charge in [0.05, 0.1) is 6.61 Å². The number of benzene rings is 3. The Morgan fingerprint density at radius 1 is 0.705 bits per heavy atom. The Hall–Kier alpha value is -4.73. The quantitative estimate of drug-likeness (QED) is 0.0931. The van der Waals surface area contributed by atoms with Crippen LogP contribution in [0.3, 0.4) is 0 Å². The Morgan fingerprint density at radius 3 is 1.80 bits per heavy atom. The number of carbonyl (C=O) groups excluding carboxylic acids is 3. The van der Waals surface area contributed by atoms with Crippen LogP contribution in [0.1, 0.15) is 44.7 Å². The molecule has 0 aliphatic heterocycles. The van der Waals surface area contributed by atoms with Gasteiger partial charge in [-0.25, -0.2) is 14.4 Å². The lowest BCUT2D eigenvalue weighted by Crippen LogP contribution is -2.29. The second kappa shape index (κ2) is 17.4. The van der Waals surface area contributed by atoms with E-state index in [-0.39, 0.29) is 6.61 Å². The SMILES string of the molecule is C=C(C)C(=O)OCCCCc1cc(-c2ccc(OC(=O)C(=C)C)cc2)ccc1OC(=O)C(=C)C.Cc1ccc(B(O)O)cc1. The number of hydrogen-bond acceptors (Lipinski definition) is 8. The molecule has 44 heavy (non-hydrogen) atoms. The summed E-state index contributed by atoms with van der Waals surface area (Å²) in [6, 6.07) is 19.7. The summed E-state index contributed by atoms with van der Waals surface area (Å²) < 4.78 is 15.9. The van der Waals surface area contributed by atoms with Crippen molar-refractivity contribution in [3.8, 4) is 22.6 Å². The molecule has 0 spiro atoms. The number of ether oxygens (including phenoxy) is 3. The van der Waals surface area contributed by atoms with Crippen LogP contribution in [0, 0.1) is 6.92 Å². The standard InChI is InChI=1S/C28H30O6.C7H9BO2/c1-18(2)26(29)32-16-8-7-9-23-17-22(12-15-25(23)34-28(31)20(5)6)21-10-13-24(14-11-21)33-27(30)19(3)4;1-6-2-4-7(5-3-6)8(9)10/h10-15,17H,1,3,5,7-9,16H2,2,4,6H3;2-5,9-10H,1H3. The number of aryl methyl sites for hydroxylation is 2. The molecule has 0 aliphatic rings. The molecule has 0 bridgehead atoms. The Kier molecular flexibility index (Phi) is 14.0. The van der Waals surface area contributed by atoms with E-state index in [1.807, 2.05) is 43.3 Å². The van der Waals surface area contributed by atoms with Crippen LogP contribution in [-0.2, 0) is 25.5 Å². The molecule has 0 aliphatic carbocycles. The summed E-state index contributed by atoms with van der Waals surface area (Å²) in [5.74, 6) is -0.493. The van der Waals surface area contributed by atoms with Crippen LogP contribution in [0.25, 0.3) is 11.1 Å². The Morgan fingerprint density at radius 2 is 1.25 bits per heavy atom. The van der Waals surface area contributed by atoms with E-state index in [0.717, 1.165) is 28.7 Å². The lowest BCUT2D eigenvalue weighted by atomic mass is 9.80. The Labute approximate surface area is 259 Å². The molecule has 0 aromatic heterocycles. The van der Waals surface area contributed by atoms with Gasteiger partial charge in [-0.15, -0.1) is 0 Å². The zero-order valence-electron chi connectivity index (χ0n) is 25.7. The summed E-state index contributed by atoms with van der Waals surface area (Å²) >= 11 is 0. The van der Waals surface area contributed by atoms with Gasteiger partial charge in [0.1, 0.15) is 11.5 Å². The number of hydrogen-bond donors (Lipinski definition) is 2. The van der Waals surface area contributed by atoms with Gasteiger partial charge in [0.15, 0.2) is 0 Å². The van der Waals surface area contributed by atoms with Crippen molar-refractivity contribution in [1.29, 1.82) is 0 Å². The summed E-state index contributed by atoms with van der Waals surface area (Å²) in [7, 11) is -1.35. The molecule has 0 radical (unpaired) electrons. The van der Waals surface area contributed by atoms with Crippen LogP contribution in [0.5, 0.6) is 11.5 Å². The third kappa shape index (κ3) is 11.9. The summed E-state index contributed by atoms with van der Waals surface area (Å²) in [6.07, 6.45) is 1.99. The lowest BCUT2D eigenvalue weighted by molar-refractivity contribution is -0.139. The molecule has 0 saturated carbocycles. The van der Waals surface area contributed by atoms with E-state index in [1.54, 1.807) is 51.1 Å². The molecule has 9 heteroatoms. The topological polar surface area (TPSA) is 119 Å². The van der Waals surface area contributed by atoms with Gasteiger partial charge in [0, 0.05) is 16.7 Å². The summed E-state index contributed by atoms with van der Waals surface area (Å²) in [5.41, 5.74) is 5.30. The van der Waals surface area contributed by atoms with Gasteiger partial charge >= 0.3 is 25.0 Å². The van der Waals surface area contributed by atoms with Crippen LogP contribution in [0.4, 0.5) is 0 Å². The van der Waals surface area contributed by atoms with Crippen LogP contribution in [0.15, 0.2) is 103 Å².